The van der Waals surface area contributed by atoms with Crippen LogP contribution in [0.4, 0.5) is 0 Å². The van der Waals surface area contributed by atoms with Crippen LogP contribution in [0.15, 0.2) is 0 Å². The molecule has 1 saturated carbocycles. The number of carboxylic acids is 1. The molecule has 126 valence electrons. The summed E-state index contributed by atoms with van der Waals surface area (Å²) in [5, 5.41) is 11.9. The molecule has 1 aliphatic heterocycles. The lowest BCUT2D eigenvalue weighted by Gasteiger charge is -2.33. The number of hydrogen-bond acceptors (Lipinski definition) is 4. The minimum Gasteiger partial charge on any atom is -0.481 e. The number of nitrogens with zero attached hydrogens (tertiary/aromatic N) is 1. The third-order valence-electron chi connectivity index (χ3n) is 4.65. The normalized spacial score (nSPS) is 30.7. The van der Waals surface area contributed by atoms with Gasteiger partial charge in [-0.25, -0.2) is 12.7 Å². The lowest BCUT2D eigenvalue weighted by molar-refractivity contribution is -0.144. The zero-order chi connectivity index (χ0) is 16.3. The van der Waals surface area contributed by atoms with Gasteiger partial charge in [0.1, 0.15) is 0 Å². The first-order chi connectivity index (χ1) is 10.3. The summed E-state index contributed by atoms with van der Waals surface area (Å²) in [5.41, 5.74) is 0. The van der Waals surface area contributed by atoms with Gasteiger partial charge in [-0.3, -0.25) is 9.59 Å². The summed E-state index contributed by atoms with van der Waals surface area (Å²) in [6.45, 7) is 0.837. The lowest BCUT2D eigenvalue weighted by atomic mass is 9.81. The van der Waals surface area contributed by atoms with Crippen LogP contribution in [-0.2, 0) is 19.6 Å². The van der Waals surface area contributed by atoms with E-state index in [1.54, 1.807) is 0 Å². The van der Waals surface area contributed by atoms with Crippen molar-refractivity contribution in [1.29, 1.82) is 0 Å². The summed E-state index contributed by atoms with van der Waals surface area (Å²) in [6, 6.07) is -0.145. The molecule has 0 aromatic rings. The average molecular weight is 332 g/mol. The predicted octanol–water partition coefficient (Wildman–Crippen LogP) is 0.418. The number of carbonyl (C=O) groups excluding carboxylic acids is 1. The molecule has 1 atom stereocenters. The maximum Gasteiger partial charge on any atom is 0.306 e. The summed E-state index contributed by atoms with van der Waals surface area (Å²) in [5.74, 6) is -1.33. The first kappa shape index (κ1) is 17.2. The highest BCUT2D eigenvalue weighted by atomic mass is 32.2. The maximum absolute atomic E-state index is 12.3. The molecule has 0 spiro atoms. The molecule has 0 aromatic heterocycles. The van der Waals surface area contributed by atoms with Gasteiger partial charge in [-0.15, -0.1) is 0 Å². The molecule has 1 unspecified atom stereocenters. The number of carbonyl (C=O) groups is 2. The van der Waals surface area contributed by atoms with E-state index in [1.165, 1.54) is 10.6 Å². The molecule has 0 radical (unpaired) electrons. The van der Waals surface area contributed by atoms with Gasteiger partial charge in [0.2, 0.25) is 15.9 Å². The Balaban J connectivity index is 1.83. The van der Waals surface area contributed by atoms with Crippen LogP contribution in [0.1, 0.15) is 38.5 Å². The van der Waals surface area contributed by atoms with E-state index >= 15 is 0 Å². The van der Waals surface area contributed by atoms with Crippen LogP contribution >= 0.6 is 0 Å². The highest BCUT2D eigenvalue weighted by Crippen LogP contribution is 2.29. The molecular formula is C14H24N2O5S. The SMILES string of the molecule is CS(=O)(=O)N1CCCC(NC(=O)C2CCC(C(=O)O)CC2)C1. The van der Waals surface area contributed by atoms with Crippen molar-refractivity contribution < 1.29 is 23.1 Å². The molecule has 2 N–H and O–H groups in total. The van der Waals surface area contributed by atoms with Crippen LogP contribution in [0.3, 0.4) is 0 Å². The van der Waals surface area contributed by atoms with E-state index in [9.17, 15) is 18.0 Å². The summed E-state index contributed by atoms with van der Waals surface area (Å²) in [6.07, 6.45) is 4.95. The monoisotopic (exact) mass is 332 g/mol. The topological polar surface area (TPSA) is 104 Å². The molecule has 2 rings (SSSR count). The second-order valence-corrected chi connectivity index (χ2v) is 8.34. The number of amides is 1. The van der Waals surface area contributed by atoms with Crippen molar-refractivity contribution in [2.45, 2.75) is 44.6 Å². The van der Waals surface area contributed by atoms with Gasteiger partial charge in [0.05, 0.1) is 12.2 Å². The Morgan fingerprint density at radius 3 is 2.23 bits per heavy atom. The minimum absolute atomic E-state index is 0.0656. The number of piperidine rings is 1. The number of nitrogens with one attached hydrogen (secondary N) is 1. The number of aliphatic carboxylic acids is 1. The highest BCUT2D eigenvalue weighted by Gasteiger charge is 2.32. The number of carboxylic acid groups (broad SMARTS) is 1. The third kappa shape index (κ3) is 4.42. The molecular weight excluding hydrogens is 308 g/mol. The molecule has 7 nitrogen and oxygen atoms in total. The zero-order valence-corrected chi connectivity index (χ0v) is 13.6. The molecule has 2 aliphatic rings. The Kier molecular flexibility index (Phi) is 5.44. The number of rotatable bonds is 4. The lowest BCUT2D eigenvalue weighted by Crippen LogP contribution is -2.50. The van der Waals surface area contributed by atoms with Crippen molar-refractivity contribution in [2.75, 3.05) is 19.3 Å². The van der Waals surface area contributed by atoms with Gasteiger partial charge >= 0.3 is 5.97 Å². The zero-order valence-electron chi connectivity index (χ0n) is 12.8. The van der Waals surface area contributed by atoms with Crippen LogP contribution in [0.5, 0.6) is 0 Å². The Labute approximate surface area is 131 Å². The Morgan fingerprint density at radius 2 is 1.68 bits per heavy atom. The fourth-order valence-electron chi connectivity index (χ4n) is 3.28. The molecule has 1 heterocycles. The van der Waals surface area contributed by atoms with Gasteiger partial charge < -0.3 is 10.4 Å². The van der Waals surface area contributed by atoms with Crippen LogP contribution < -0.4 is 5.32 Å². The van der Waals surface area contributed by atoms with E-state index in [-0.39, 0.29) is 23.8 Å². The first-order valence-corrected chi connectivity index (χ1v) is 9.60. The Bertz CT molecular complexity index is 525. The largest absolute Gasteiger partial charge is 0.481 e. The van der Waals surface area contributed by atoms with Crippen LogP contribution in [-0.4, -0.2) is 55.1 Å². The van der Waals surface area contributed by atoms with Crippen LogP contribution in [0.2, 0.25) is 0 Å². The van der Waals surface area contributed by atoms with Crippen molar-refractivity contribution in [3.63, 3.8) is 0 Å². The van der Waals surface area contributed by atoms with E-state index in [4.69, 9.17) is 5.11 Å². The number of hydrogen-bond donors (Lipinski definition) is 2. The average Bonchev–Trinajstić information content (AvgIpc) is 2.46. The van der Waals surface area contributed by atoms with Crippen LogP contribution in [0.25, 0.3) is 0 Å². The van der Waals surface area contributed by atoms with Crippen LogP contribution in [0, 0.1) is 11.8 Å². The maximum atomic E-state index is 12.3. The second kappa shape index (κ2) is 6.95. The molecule has 1 saturated heterocycles. The van der Waals surface area contributed by atoms with Crippen molar-refractivity contribution in [2.24, 2.45) is 11.8 Å². The Hall–Kier alpha value is -1.15. The smallest absolute Gasteiger partial charge is 0.306 e. The summed E-state index contributed by atoms with van der Waals surface area (Å²) in [4.78, 5) is 23.2. The van der Waals surface area contributed by atoms with Gasteiger partial charge in [-0.05, 0) is 38.5 Å². The summed E-state index contributed by atoms with van der Waals surface area (Å²) < 4.78 is 24.6. The highest BCUT2D eigenvalue weighted by molar-refractivity contribution is 7.88. The standard InChI is InChI=1S/C14H24N2O5S/c1-22(20,21)16-8-2-3-12(9-16)15-13(17)10-4-6-11(7-5-10)14(18)19/h10-12H,2-9H2,1H3,(H,15,17)(H,18,19). The summed E-state index contributed by atoms with van der Waals surface area (Å²) in [7, 11) is -3.22. The van der Waals surface area contributed by atoms with E-state index in [1.807, 2.05) is 0 Å². The van der Waals surface area contributed by atoms with E-state index < -0.39 is 16.0 Å². The van der Waals surface area contributed by atoms with Crippen molar-refractivity contribution in [3.05, 3.63) is 0 Å². The van der Waals surface area contributed by atoms with Crippen molar-refractivity contribution >= 4 is 21.9 Å². The third-order valence-corrected chi connectivity index (χ3v) is 5.92. The second-order valence-electron chi connectivity index (χ2n) is 6.36. The molecule has 2 fully saturated rings. The van der Waals surface area contributed by atoms with Gasteiger partial charge in [0, 0.05) is 25.0 Å². The van der Waals surface area contributed by atoms with E-state index in [2.05, 4.69) is 5.32 Å². The first-order valence-electron chi connectivity index (χ1n) is 7.75. The molecule has 1 amide bonds. The van der Waals surface area contributed by atoms with E-state index in [0.29, 0.717) is 38.8 Å². The summed E-state index contributed by atoms with van der Waals surface area (Å²) >= 11 is 0. The predicted molar refractivity (Wildman–Crippen MR) is 80.7 cm³/mol. The molecule has 0 bridgehead atoms. The molecule has 22 heavy (non-hydrogen) atoms. The number of sulfonamides is 1. The molecule has 8 heteroatoms. The van der Waals surface area contributed by atoms with Gasteiger partial charge in [0.15, 0.2) is 0 Å². The minimum atomic E-state index is -3.22. The van der Waals surface area contributed by atoms with Gasteiger partial charge in [-0.1, -0.05) is 0 Å². The molecule has 1 aliphatic carbocycles. The Morgan fingerprint density at radius 1 is 1.09 bits per heavy atom. The van der Waals surface area contributed by atoms with Gasteiger partial charge in [-0.2, -0.15) is 0 Å². The van der Waals surface area contributed by atoms with Crippen molar-refractivity contribution in [1.82, 2.24) is 9.62 Å². The fraction of sp³-hybridized carbons (Fsp3) is 0.857. The van der Waals surface area contributed by atoms with Gasteiger partial charge in [0.25, 0.3) is 0 Å². The quantitative estimate of drug-likeness (QED) is 0.776. The van der Waals surface area contributed by atoms with Crippen molar-refractivity contribution in [3.8, 4) is 0 Å². The molecule has 0 aromatic carbocycles. The fourth-order valence-corrected chi connectivity index (χ4v) is 4.19. The van der Waals surface area contributed by atoms with E-state index in [0.717, 1.165) is 12.8 Å².